The summed E-state index contributed by atoms with van der Waals surface area (Å²) in [6.07, 6.45) is 8.04. The molecule has 2 saturated heterocycles. The molecule has 4 amide bonds. The normalized spacial score (nSPS) is 23.1. The van der Waals surface area contributed by atoms with Gasteiger partial charge in [0.2, 0.25) is 11.8 Å². The molecule has 3 rings (SSSR count). The second kappa shape index (κ2) is 8.93. The highest BCUT2D eigenvalue weighted by atomic mass is 16.2. The van der Waals surface area contributed by atoms with E-state index in [0.29, 0.717) is 32.5 Å². The average molecular weight is 379 g/mol. The molecular weight excluding hydrogens is 344 g/mol. The van der Waals surface area contributed by atoms with Crippen LogP contribution in [0.5, 0.6) is 0 Å². The molecule has 0 radical (unpaired) electrons. The number of hydrogen-bond acceptors (Lipinski definition) is 3. The molecule has 0 aromatic carbocycles. The molecule has 7 nitrogen and oxygen atoms in total. The van der Waals surface area contributed by atoms with E-state index in [1.807, 2.05) is 16.7 Å². The van der Waals surface area contributed by atoms with Crippen LogP contribution in [0, 0.1) is 5.92 Å². The molecule has 3 aliphatic rings. The number of rotatable bonds is 4. The van der Waals surface area contributed by atoms with Crippen LogP contribution < -0.4 is 10.6 Å². The fourth-order valence-corrected chi connectivity index (χ4v) is 4.67. The SMILES string of the molecule is CCNC(=O)C1(NC(=O)C2CCN(C(=O)N3CCCC3)CC2)CCCCC1. The van der Waals surface area contributed by atoms with E-state index < -0.39 is 5.54 Å². The molecule has 0 aromatic heterocycles. The molecule has 2 aliphatic heterocycles. The maximum absolute atomic E-state index is 12.9. The molecule has 7 heteroatoms. The molecule has 0 bridgehead atoms. The van der Waals surface area contributed by atoms with Gasteiger partial charge in [0.05, 0.1) is 0 Å². The zero-order chi connectivity index (χ0) is 19.3. The van der Waals surface area contributed by atoms with Gasteiger partial charge in [0.15, 0.2) is 0 Å². The lowest BCUT2D eigenvalue weighted by Gasteiger charge is -2.39. The van der Waals surface area contributed by atoms with Crippen molar-refractivity contribution in [3.8, 4) is 0 Å². The summed E-state index contributed by atoms with van der Waals surface area (Å²) in [6.45, 7) is 5.45. The minimum absolute atomic E-state index is 0.0172. The molecule has 27 heavy (non-hydrogen) atoms. The predicted molar refractivity (Wildman–Crippen MR) is 103 cm³/mol. The minimum atomic E-state index is -0.742. The Hall–Kier alpha value is -1.79. The van der Waals surface area contributed by atoms with Crippen molar-refractivity contribution in [2.75, 3.05) is 32.7 Å². The van der Waals surface area contributed by atoms with E-state index in [1.54, 1.807) is 0 Å². The maximum atomic E-state index is 12.9. The van der Waals surface area contributed by atoms with Crippen molar-refractivity contribution in [2.45, 2.75) is 70.3 Å². The van der Waals surface area contributed by atoms with Gasteiger partial charge in [-0.2, -0.15) is 0 Å². The Morgan fingerprint density at radius 3 is 2.07 bits per heavy atom. The predicted octanol–water partition coefficient (Wildman–Crippen LogP) is 1.87. The molecule has 152 valence electrons. The first-order chi connectivity index (χ1) is 13.1. The van der Waals surface area contributed by atoms with Crippen LogP contribution in [0.1, 0.15) is 64.7 Å². The number of hydrogen-bond donors (Lipinski definition) is 2. The summed E-state index contributed by atoms with van der Waals surface area (Å²) >= 11 is 0. The molecule has 1 saturated carbocycles. The van der Waals surface area contributed by atoms with Gasteiger partial charge in [0.1, 0.15) is 5.54 Å². The zero-order valence-electron chi connectivity index (χ0n) is 16.6. The van der Waals surface area contributed by atoms with Crippen LogP contribution in [-0.2, 0) is 9.59 Å². The van der Waals surface area contributed by atoms with Gasteiger partial charge in [-0.1, -0.05) is 19.3 Å². The number of urea groups is 1. The van der Waals surface area contributed by atoms with Gasteiger partial charge in [0, 0.05) is 38.6 Å². The second-order valence-electron chi connectivity index (χ2n) is 8.23. The van der Waals surface area contributed by atoms with Crippen LogP contribution in [-0.4, -0.2) is 65.9 Å². The number of likely N-dealkylation sites (tertiary alicyclic amines) is 2. The first kappa shape index (κ1) is 20.0. The lowest BCUT2D eigenvalue weighted by atomic mass is 9.80. The van der Waals surface area contributed by atoms with Crippen molar-refractivity contribution in [1.29, 1.82) is 0 Å². The van der Waals surface area contributed by atoms with Crippen molar-refractivity contribution < 1.29 is 14.4 Å². The van der Waals surface area contributed by atoms with Gasteiger partial charge >= 0.3 is 6.03 Å². The summed E-state index contributed by atoms with van der Waals surface area (Å²) in [6, 6.07) is 0.123. The number of piperidine rings is 1. The summed E-state index contributed by atoms with van der Waals surface area (Å²) in [5, 5.41) is 6.03. The van der Waals surface area contributed by atoms with Crippen LogP contribution in [0.15, 0.2) is 0 Å². The summed E-state index contributed by atoms with van der Waals surface area (Å²) in [7, 11) is 0. The van der Waals surface area contributed by atoms with Crippen molar-refractivity contribution in [3.63, 3.8) is 0 Å². The van der Waals surface area contributed by atoms with E-state index in [9.17, 15) is 14.4 Å². The van der Waals surface area contributed by atoms with Gasteiger partial charge < -0.3 is 20.4 Å². The summed E-state index contributed by atoms with van der Waals surface area (Å²) in [5.74, 6) is -0.169. The zero-order valence-corrected chi connectivity index (χ0v) is 16.6. The lowest BCUT2D eigenvalue weighted by molar-refractivity contribution is -0.137. The van der Waals surface area contributed by atoms with Gasteiger partial charge in [-0.05, 0) is 45.4 Å². The molecular formula is C20H34N4O3. The van der Waals surface area contributed by atoms with Crippen LogP contribution in [0.25, 0.3) is 0 Å². The number of nitrogens with zero attached hydrogens (tertiary/aromatic N) is 2. The fourth-order valence-electron chi connectivity index (χ4n) is 4.67. The number of carbonyl (C=O) groups is 3. The Balaban J connectivity index is 1.54. The molecule has 0 unspecified atom stereocenters. The van der Waals surface area contributed by atoms with Crippen molar-refractivity contribution in [1.82, 2.24) is 20.4 Å². The molecule has 3 fully saturated rings. The summed E-state index contributed by atoms with van der Waals surface area (Å²) in [4.78, 5) is 41.9. The summed E-state index contributed by atoms with van der Waals surface area (Å²) in [5.41, 5.74) is -0.742. The maximum Gasteiger partial charge on any atom is 0.319 e. The fraction of sp³-hybridized carbons (Fsp3) is 0.850. The first-order valence-electron chi connectivity index (χ1n) is 10.7. The Morgan fingerprint density at radius 1 is 0.889 bits per heavy atom. The standard InChI is InChI=1S/C20H34N4O3/c1-2-21-18(26)20(10-4-3-5-11-20)22-17(25)16-8-14-24(15-9-16)19(27)23-12-6-7-13-23/h16H,2-15H2,1H3,(H,21,26)(H,22,25). The molecule has 0 aromatic rings. The highest BCUT2D eigenvalue weighted by Crippen LogP contribution is 2.30. The molecule has 2 N–H and O–H groups in total. The largest absolute Gasteiger partial charge is 0.354 e. The lowest BCUT2D eigenvalue weighted by Crippen LogP contribution is -2.61. The van der Waals surface area contributed by atoms with E-state index >= 15 is 0 Å². The van der Waals surface area contributed by atoms with Gasteiger partial charge in [0.25, 0.3) is 0 Å². The minimum Gasteiger partial charge on any atom is -0.354 e. The van der Waals surface area contributed by atoms with Gasteiger partial charge in [-0.3, -0.25) is 9.59 Å². The highest BCUT2D eigenvalue weighted by Gasteiger charge is 2.42. The molecule has 2 heterocycles. The number of nitrogens with one attached hydrogen (secondary N) is 2. The monoisotopic (exact) mass is 378 g/mol. The molecule has 0 atom stereocenters. The molecule has 1 aliphatic carbocycles. The summed E-state index contributed by atoms with van der Waals surface area (Å²) < 4.78 is 0. The van der Waals surface area contributed by atoms with Crippen molar-refractivity contribution in [2.24, 2.45) is 5.92 Å². The van der Waals surface area contributed by atoms with Crippen LogP contribution in [0.2, 0.25) is 0 Å². The topological polar surface area (TPSA) is 81.8 Å². The number of likely N-dealkylation sites (N-methyl/N-ethyl adjacent to an activating group) is 1. The van der Waals surface area contributed by atoms with E-state index in [4.69, 9.17) is 0 Å². The first-order valence-corrected chi connectivity index (χ1v) is 10.7. The Labute approximate surface area is 162 Å². The van der Waals surface area contributed by atoms with E-state index in [1.165, 1.54) is 0 Å². The number of amides is 4. The van der Waals surface area contributed by atoms with Crippen LogP contribution in [0.3, 0.4) is 0 Å². The Morgan fingerprint density at radius 2 is 1.48 bits per heavy atom. The number of carbonyl (C=O) groups excluding carboxylic acids is 3. The highest BCUT2D eigenvalue weighted by molar-refractivity contribution is 5.92. The van der Waals surface area contributed by atoms with E-state index in [0.717, 1.165) is 58.0 Å². The second-order valence-corrected chi connectivity index (χ2v) is 8.23. The van der Waals surface area contributed by atoms with Gasteiger partial charge in [-0.15, -0.1) is 0 Å². The van der Waals surface area contributed by atoms with E-state index in [-0.39, 0.29) is 23.8 Å². The van der Waals surface area contributed by atoms with Crippen LogP contribution in [0.4, 0.5) is 4.79 Å². The third-order valence-electron chi connectivity index (χ3n) is 6.35. The van der Waals surface area contributed by atoms with E-state index in [2.05, 4.69) is 10.6 Å². The Kier molecular flexibility index (Phi) is 6.60. The van der Waals surface area contributed by atoms with Crippen LogP contribution >= 0.6 is 0 Å². The van der Waals surface area contributed by atoms with Gasteiger partial charge in [-0.25, -0.2) is 4.79 Å². The van der Waals surface area contributed by atoms with Crippen molar-refractivity contribution in [3.05, 3.63) is 0 Å². The molecule has 0 spiro atoms. The quantitative estimate of drug-likeness (QED) is 0.783. The average Bonchev–Trinajstić information content (AvgIpc) is 3.23. The smallest absolute Gasteiger partial charge is 0.319 e. The third-order valence-corrected chi connectivity index (χ3v) is 6.35. The van der Waals surface area contributed by atoms with Crippen molar-refractivity contribution >= 4 is 17.8 Å². The Bertz CT molecular complexity index is 545. The third kappa shape index (κ3) is 4.55.